The van der Waals surface area contributed by atoms with E-state index in [4.69, 9.17) is 19.3 Å². The van der Waals surface area contributed by atoms with E-state index in [-0.39, 0.29) is 0 Å². The molecule has 0 aliphatic carbocycles. The zero-order chi connectivity index (χ0) is 34.0. The van der Waals surface area contributed by atoms with Gasteiger partial charge >= 0.3 is 7.12 Å². The van der Waals surface area contributed by atoms with Crippen LogP contribution in [-0.2, 0) is 9.31 Å². The van der Waals surface area contributed by atoms with Crippen molar-refractivity contribution in [2.45, 2.75) is 38.9 Å². The second-order valence-corrected chi connectivity index (χ2v) is 14.0. The zero-order valence-corrected chi connectivity index (χ0v) is 28.5. The minimum Gasteiger partial charge on any atom is -0.399 e. The summed E-state index contributed by atoms with van der Waals surface area (Å²) < 4.78 is 15.0. The Balaban J connectivity index is 1.21. The predicted octanol–water partition coefficient (Wildman–Crippen LogP) is 9.42. The van der Waals surface area contributed by atoms with Gasteiger partial charge in [0.1, 0.15) is 0 Å². The average molecular weight is 651 g/mol. The van der Waals surface area contributed by atoms with Crippen molar-refractivity contribution in [2.24, 2.45) is 0 Å². The number of hydrogen-bond donors (Lipinski definition) is 0. The van der Waals surface area contributed by atoms with Crippen LogP contribution in [0.3, 0.4) is 0 Å². The van der Waals surface area contributed by atoms with Gasteiger partial charge in [-0.1, -0.05) is 103 Å². The van der Waals surface area contributed by atoms with Crippen molar-refractivity contribution >= 4 is 45.2 Å². The minimum absolute atomic E-state index is 0.407. The first-order valence-corrected chi connectivity index (χ1v) is 17.0. The average Bonchev–Trinajstić information content (AvgIpc) is 3.60. The molecule has 6 nitrogen and oxygen atoms in total. The molecule has 0 unspecified atom stereocenters. The van der Waals surface area contributed by atoms with Crippen LogP contribution < -0.4 is 5.46 Å². The van der Waals surface area contributed by atoms with Gasteiger partial charge < -0.3 is 13.9 Å². The van der Waals surface area contributed by atoms with Gasteiger partial charge in [-0.05, 0) is 62.8 Å². The van der Waals surface area contributed by atoms with Gasteiger partial charge in [0, 0.05) is 39.0 Å². The predicted molar refractivity (Wildman–Crippen MR) is 204 cm³/mol. The molecule has 0 spiro atoms. The number of aromatic nitrogens is 4. The molecule has 0 amide bonds. The zero-order valence-electron chi connectivity index (χ0n) is 28.5. The van der Waals surface area contributed by atoms with E-state index < -0.39 is 18.3 Å². The summed E-state index contributed by atoms with van der Waals surface area (Å²) in [5.74, 6) is 0.653. The molecule has 8 aromatic rings. The molecule has 0 saturated carbocycles. The summed E-state index contributed by atoms with van der Waals surface area (Å²) in [5, 5.41) is 4.77. The van der Waals surface area contributed by atoms with Crippen LogP contribution in [0.15, 0.2) is 140 Å². The first-order chi connectivity index (χ1) is 24.3. The molecule has 1 aliphatic rings. The third-order valence-corrected chi connectivity index (χ3v) is 10.3. The van der Waals surface area contributed by atoms with Crippen molar-refractivity contribution in [1.82, 2.24) is 19.5 Å². The van der Waals surface area contributed by atoms with E-state index in [0.29, 0.717) is 5.82 Å². The number of benzene rings is 5. The molecule has 50 heavy (non-hydrogen) atoms. The van der Waals surface area contributed by atoms with Gasteiger partial charge in [-0.25, -0.2) is 9.97 Å². The Hall–Kier alpha value is -5.63. The van der Waals surface area contributed by atoms with Gasteiger partial charge in [0.2, 0.25) is 0 Å². The number of pyridine rings is 1. The van der Waals surface area contributed by atoms with Crippen LogP contribution in [0.2, 0.25) is 0 Å². The Labute approximate surface area is 291 Å². The van der Waals surface area contributed by atoms with E-state index in [1.807, 2.05) is 36.7 Å². The first kappa shape index (κ1) is 30.4. The molecule has 1 aliphatic heterocycles. The van der Waals surface area contributed by atoms with Crippen LogP contribution in [0.1, 0.15) is 27.7 Å². The molecule has 242 valence electrons. The molecule has 1 saturated heterocycles. The van der Waals surface area contributed by atoms with Gasteiger partial charge in [0.25, 0.3) is 0 Å². The summed E-state index contributed by atoms with van der Waals surface area (Å²) in [4.78, 5) is 14.8. The Kier molecular flexibility index (Phi) is 6.99. The number of hydrogen-bond acceptors (Lipinski definition) is 5. The van der Waals surface area contributed by atoms with Crippen LogP contribution in [0.4, 0.5) is 0 Å². The third kappa shape index (κ3) is 5.01. The van der Waals surface area contributed by atoms with E-state index in [1.165, 1.54) is 27.1 Å². The summed E-state index contributed by atoms with van der Waals surface area (Å²) in [6.07, 6.45) is 3.74. The maximum Gasteiger partial charge on any atom is 0.494 e. The Morgan fingerprint density at radius 3 is 2.00 bits per heavy atom. The maximum atomic E-state index is 6.31. The van der Waals surface area contributed by atoms with Crippen LogP contribution in [0.25, 0.3) is 72.2 Å². The molecule has 3 aromatic heterocycles. The van der Waals surface area contributed by atoms with E-state index in [9.17, 15) is 0 Å². The molecule has 1 fully saturated rings. The summed E-state index contributed by atoms with van der Waals surface area (Å²) >= 11 is 0. The molecule has 0 bridgehead atoms. The highest BCUT2D eigenvalue weighted by atomic mass is 16.7. The van der Waals surface area contributed by atoms with E-state index in [2.05, 4.69) is 140 Å². The van der Waals surface area contributed by atoms with Crippen molar-refractivity contribution in [3.05, 3.63) is 140 Å². The van der Waals surface area contributed by atoms with Gasteiger partial charge in [-0.2, -0.15) is 0 Å². The number of rotatable bonds is 5. The minimum atomic E-state index is -0.434. The van der Waals surface area contributed by atoms with Crippen molar-refractivity contribution in [2.75, 3.05) is 0 Å². The van der Waals surface area contributed by atoms with Gasteiger partial charge in [-0.15, -0.1) is 0 Å². The second-order valence-electron chi connectivity index (χ2n) is 14.0. The largest absolute Gasteiger partial charge is 0.494 e. The molecule has 0 atom stereocenters. The fourth-order valence-electron chi connectivity index (χ4n) is 6.94. The molecule has 7 heteroatoms. The topological polar surface area (TPSA) is 62.1 Å². The van der Waals surface area contributed by atoms with Gasteiger partial charge in [-0.3, -0.25) is 4.98 Å². The molecule has 0 radical (unpaired) electrons. The molecule has 4 heterocycles. The lowest BCUT2D eigenvalue weighted by atomic mass is 9.79. The van der Waals surface area contributed by atoms with E-state index in [1.54, 1.807) is 0 Å². The molecular formula is C43H35BN4O2. The first-order valence-electron chi connectivity index (χ1n) is 17.0. The van der Waals surface area contributed by atoms with Crippen LogP contribution in [0.5, 0.6) is 0 Å². The highest BCUT2D eigenvalue weighted by Crippen LogP contribution is 2.39. The van der Waals surface area contributed by atoms with Gasteiger partial charge in [0.15, 0.2) is 5.82 Å². The number of fused-ring (bicyclic) bond motifs is 5. The monoisotopic (exact) mass is 650 g/mol. The number of nitrogens with zero attached hydrogens (tertiary/aromatic N) is 4. The quantitative estimate of drug-likeness (QED) is 0.174. The third-order valence-electron chi connectivity index (χ3n) is 10.3. The van der Waals surface area contributed by atoms with Crippen molar-refractivity contribution < 1.29 is 9.31 Å². The summed E-state index contributed by atoms with van der Waals surface area (Å²) in [6.45, 7) is 8.28. The SMILES string of the molecule is CC1(C)OB(c2ccc(-c3nc(-c4ccccc4)cc(-c4ccc5c6ccc7ccccc7c6n(-c6cccnc6)c5c4)n3)cc2)OC1(C)C. The van der Waals surface area contributed by atoms with Crippen LogP contribution in [0, 0.1) is 0 Å². The summed E-state index contributed by atoms with van der Waals surface area (Å²) in [5.41, 5.74) is 8.08. The highest BCUT2D eigenvalue weighted by Gasteiger charge is 2.51. The lowest BCUT2D eigenvalue weighted by molar-refractivity contribution is 0.00578. The lowest BCUT2D eigenvalue weighted by Crippen LogP contribution is -2.41. The van der Waals surface area contributed by atoms with Crippen molar-refractivity contribution in [1.29, 1.82) is 0 Å². The van der Waals surface area contributed by atoms with E-state index >= 15 is 0 Å². The van der Waals surface area contributed by atoms with Crippen LogP contribution >= 0.6 is 0 Å². The molecule has 5 aromatic carbocycles. The summed E-state index contributed by atoms with van der Waals surface area (Å²) in [6, 6.07) is 44.3. The van der Waals surface area contributed by atoms with Crippen molar-refractivity contribution in [3.8, 4) is 39.6 Å². The fourth-order valence-corrected chi connectivity index (χ4v) is 6.94. The second kappa shape index (κ2) is 11.5. The highest BCUT2D eigenvalue weighted by molar-refractivity contribution is 6.62. The summed E-state index contributed by atoms with van der Waals surface area (Å²) in [7, 11) is -0.434. The smallest absolute Gasteiger partial charge is 0.399 e. The standard InChI is InChI=1S/C43H35BN4O2/c1-42(2)43(3,4)50-44(49-42)32-20-16-30(17-21-32)41-46-37(29-12-6-5-7-13-29)26-38(47-41)31-19-22-35-36-23-18-28-11-8-9-15-34(28)40(36)48(39(35)25-31)33-14-10-24-45-27-33/h5-27H,1-4H3. The van der Waals surface area contributed by atoms with Gasteiger partial charge in [0.05, 0.1) is 45.5 Å². The lowest BCUT2D eigenvalue weighted by Gasteiger charge is -2.32. The van der Waals surface area contributed by atoms with Crippen LogP contribution in [-0.4, -0.2) is 37.8 Å². The normalized spacial score (nSPS) is 15.3. The molecular weight excluding hydrogens is 615 g/mol. The Morgan fingerprint density at radius 1 is 0.580 bits per heavy atom. The maximum absolute atomic E-state index is 6.31. The van der Waals surface area contributed by atoms with E-state index in [0.717, 1.165) is 44.7 Å². The van der Waals surface area contributed by atoms with Crippen molar-refractivity contribution in [3.63, 3.8) is 0 Å². The Morgan fingerprint density at radius 2 is 1.26 bits per heavy atom. The Bertz CT molecular complexity index is 2530. The molecule has 9 rings (SSSR count). The fraction of sp³-hybridized carbons (Fsp3) is 0.140. The molecule has 0 N–H and O–H groups in total.